The van der Waals surface area contributed by atoms with Gasteiger partial charge in [-0.05, 0) is 24.5 Å². The van der Waals surface area contributed by atoms with E-state index in [-0.39, 0.29) is 0 Å². The molecule has 1 fully saturated rings. The number of rotatable bonds is 5. The van der Waals surface area contributed by atoms with Gasteiger partial charge >= 0.3 is 0 Å². The van der Waals surface area contributed by atoms with Gasteiger partial charge in [0.25, 0.3) is 0 Å². The fourth-order valence-electron chi connectivity index (χ4n) is 1.41. The van der Waals surface area contributed by atoms with Crippen molar-refractivity contribution in [2.24, 2.45) is 11.8 Å². The van der Waals surface area contributed by atoms with E-state index >= 15 is 0 Å². The molecule has 1 aliphatic rings. The minimum Gasteiger partial charge on any atom is -0.271 e. The van der Waals surface area contributed by atoms with Crippen molar-refractivity contribution >= 4 is 11.8 Å². The van der Waals surface area contributed by atoms with Crippen LogP contribution in [-0.4, -0.2) is 17.5 Å². The second-order valence-electron chi connectivity index (χ2n) is 3.12. The number of thioether (sulfide) groups is 1. The molecule has 0 aromatic carbocycles. The van der Waals surface area contributed by atoms with E-state index in [0.29, 0.717) is 6.04 Å². The van der Waals surface area contributed by atoms with E-state index in [4.69, 9.17) is 5.84 Å². The molecule has 0 amide bonds. The predicted molar refractivity (Wildman–Crippen MR) is 51.5 cm³/mol. The summed E-state index contributed by atoms with van der Waals surface area (Å²) in [5.74, 6) is 8.70. The van der Waals surface area contributed by atoms with Crippen molar-refractivity contribution in [1.82, 2.24) is 5.43 Å². The lowest BCUT2D eigenvalue weighted by atomic mass is 9.80. The molecule has 1 unspecified atom stereocenters. The molecule has 1 atom stereocenters. The van der Waals surface area contributed by atoms with E-state index < -0.39 is 0 Å². The third-order valence-electron chi connectivity index (χ3n) is 2.43. The molecule has 0 saturated heterocycles. The van der Waals surface area contributed by atoms with Crippen molar-refractivity contribution in [3.05, 3.63) is 0 Å². The average molecular weight is 174 g/mol. The molecule has 1 saturated carbocycles. The van der Waals surface area contributed by atoms with Crippen LogP contribution >= 0.6 is 11.8 Å². The molecule has 0 aliphatic heterocycles. The third kappa shape index (κ3) is 2.65. The zero-order valence-corrected chi connectivity index (χ0v) is 7.99. The summed E-state index contributed by atoms with van der Waals surface area (Å²) < 4.78 is 0. The highest BCUT2D eigenvalue weighted by atomic mass is 32.2. The molecule has 1 rings (SSSR count). The molecular formula is C8H18N2S. The van der Waals surface area contributed by atoms with Crippen LogP contribution in [0.1, 0.15) is 26.2 Å². The summed E-state index contributed by atoms with van der Waals surface area (Å²) in [5.41, 5.74) is 2.92. The summed E-state index contributed by atoms with van der Waals surface area (Å²) in [5, 5.41) is 0. The number of nitrogens with two attached hydrogens (primary N) is 1. The van der Waals surface area contributed by atoms with E-state index in [1.165, 1.54) is 30.8 Å². The summed E-state index contributed by atoms with van der Waals surface area (Å²) in [6.07, 6.45) is 4.15. The van der Waals surface area contributed by atoms with Crippen molar-refractivity contribution in [2.45, 2.75) is 32.2 Å². The van der Waals surface area contributed by atoms with Gasteiger partial charge in [-0.2, -0.15) is 11.8 Å². The van der Waals surface area contributed by atoms with Crippen LogP contribution in [0, 0.1) is 5.92 Å². The molecule has 1 aliphatic carbocycles. The predicted octanol–water partition coefficient (Wildman–Crippen LogP) is 1.37. The van der Waals surface area contributed by atoms with Gasteiger partial charge in [-0.15, -0.1) is 0 Å². The van der Waals surface area contributed by atoms with Gasteiger partial charge in [0.1, 0.15) is 0 Å². The maximum atomic E-state index is 5.46. The number of hydrogen-bond donors (Lipinski definition) is 2. The van der Waals surface area contributed by atoms with Gasteiger partial charge in [0.2, 0.25) is 0 Å². The van der Waals surface area contributed by atoms with Crippen LogP contribution in [0.4, 0.5) is 0 Å². The number of hydrazine groups is 1. The molecule has 0 radical (unpaired) electrons. The van der Waals surface area contributed by atoms with Crippen LogP contribution in [0.2, 0.25) is 0 Å². The normalized spacial score (nSPS) is 21.3. The van der Waals surface area contributed by atoms with Crippen molar-refractivity contribution in [3.63, 3.8) is 0 Å². The third-order valence-corrected chi connectivity index (χ3v) is 3.44. The first kappa shape index (κ1) is 9.36. The molecule has 0 bridgehead atoms. The van der Waals surface area contributed by atoms with Gasteiger partial charge in [0, 0.05) is 11.8 Å². The highest BCUT2D eigenvalue weighted by molar-refractivity contribution is 7.99. The lowest BCUT2D eigenvalue weighted by Crippen LogP contribution is -2.45. The smallest absolute Gasteiger partial charge is 0.0329 e. The SMILES string of the molecule is CCSCC(NN)C1CCC1. The maximum absolute atomic E-state index is 5.46. The minimum atomic E-state index is 0.564. The molecular weight excluding hydrogens is 156 g/mol. The molecule has 11 heavy (non-hydrogen) atoms. The van der Waals surface area contributed by atoms with Gasteiger partial charge in [0.15, 0.2) is 0 Å². The Balaban J connectivity index is 2.13. The van der Waals surface area contributed by atoms with Crippen molar-refractivity contribution < 1.29 is 0 Å². The second-order valence-corrected chi connectivity index (χ2v) is 4.44. The highest BCUT2D eigenvalue weighted by Gasteiger charge is 2.25. The van der Waals surface area contributed by atoms with Gasteiger partial charge in [-0.1, -0.05) is 13.3 Å². The first-order valence-electron chi connectivity index (χ1n) is 4.42. The fourth-order valence-corrected chi connectivity index (χ4v) is 2.27. The zero-order chi connectivity index (χ0) is 8.10. The molecule has 0 aromatic heterocycles. The lowest BCUT2D eigenvalue weighted by Gasteiger charge is -2.32. The Bertz CT molecular complexity index is 104. The molecule has 2 nitrogen and oxygen atoms in total. The first-order valence-corrected chi connectivity index (χ1v) is 5.57. The van der Waals surface area contributed by atoms with Gasteiger partial charge in [0.05, 0.1) is 0 Å². The van der Waals surface area contributed by atoms with Crippen LogP contribution < -0.4 is 11.3 Å². The first-order chi connectivity index (χ1) is 5.38. The molecule has 0 heterocycles. The molecule has 66 valence electrons. The Kier molecular flexibility index (Phi) is 4.26. The zero-order valence-electron chi connectivity index (χ0n) is 7.18. The lowest BCUT2D eigenvalue weighted by molar-refractivity contribution is 0.246. The van der Waals surface area contributed by atoms with Crippen LogP contribution in [0.3, 0.4) is 0 Å². The second kappa shape index (κ2) is 5.01. The summed E-state index contributed by atoms with van der Waals surface area (Å²) in [6, 6.07) is 0.564. The van der Waals surface area contributed by atoms with Crippen LogP contribution in [0.5, 0.6) is 0 Å². The van der Waals surface area contributed by atoms with Crippen molar-refractivity contribution in [3.8, 4) is 0 Å². The van der Waals surface area contributed by atoms with Gasteiger partial charge in [-0.25, -0.2) is 0 Å². The van der Waals surface area contributed by atoms with Crippen LogP contribution in [0.25, 0.3) is 0 Å². The Hall–Kier alpha value is 0.270. The minimum absolute atomic E-state index is 0.564. The largest absolute Gasteiger partial charge is 0.271 e. The summed E-state index contributed by atoms with van der Waals surface area (Å²) >= 11 is 1.98. The van der Waals surface area contributed by atoms with E-state index in [2.05, 4.69) is 12.3 Å². The Morgan fingerprint density at radius 3 is 2.73 bits per heavy atom. The van der Waals surface area contributed by atoms with Crippen LogP contribution in [-0.2, 0) is 0 Å². The maximum Gasteiger partial charge on any atom is 0.0329 e. The molecule has 0 aromatic rings. The molecule has 3 N–H and O–H groups in total. The monoisotopic (exact) mass is 174 g/mol. The molecule has 3 heteroatoms. The molecule has 0 spiro atoms. The van der Waals surface area contributed by atoms with Gasteiger partial charge < -0.3 is 0 Å². The Morgan fingerprint density at radius 2 is 2.36 bits per heavy atom. The van der Waals surface area contributed by atoms with Crippen molar-refractivity contribution in [2.75, 3.05) is 11.5 Å². The summed E-state index contributed by atoms with van der Waals surface area (Å²) in [6.45, 7) is 2.19. The summed E-state index contributed by atoms with van der Waals surface area (Å²) in [7, 11) is 0. The topological polar surface area (TPSA) is 38.0 Å². The quantitative estimate of drug-likeness (QED) is 0.488. The fraction of sp³-hybridized carbons (Fsp3) is 1.00. The van der Waals surface area contributed by atoms with E-state index in [1.54, 1.807) is 0 Å². The Labute approximate surface area is 73.3 Å². The van der Waals surface area contributed by atoms with Gasteiger partial charge in [-0.3, -0.25) is 11.3 Å². The number of nitrogens with one attached hydrogen (secondary N) is 1. The van der Waals surface area contributed by atoms with E-state index in [1.807, 2.05) is 11.8 Å². The van der Waals surface area contributed by atoms with E-state index in [9.17, 15) is 0 Å². The van der Waals surface area contributed by atoms with E-state index in [0.717, 1.165) is 5.92 Å². The number of hydrogen-bond acceptors (Lipinski definition) is 3. The average Bonchev–Trinajstić information content (AvgIpc) is 1.93. The van der Waals surface area contributed by atoms with Crippen molar-refractivity contribution in [1.29, 1.82) is 0 Å². The standard InChI is InChI=1S/C8H18N2S/c1-2-11-6-8(10-9)7-4-3-5-7/h7-8,10H,2-6,9H2,1H3. The highest BCUT2D eigenvalue weighted by Crippen LogP contribution is 2.30. The van der Waals surface area contributed by atoms with Crippen LogP contribution in [0.15, 0.2) is 0 Å². The Morgan fingerprint density at radius 1 is 1.64 bits per heavy atom. The summed E-state index contributed by atoms with van der Waals surface area (Å²) in [4.78, 5) is 0.